The predicted octanol–water partition coefficient (Wildman–Crippen LogP) is 1.07. The summed E-state index contributed by atoms with van der Waals surface area (Å²) in [5, 5.41) is 27.8. The first-order chi connectivity index (χ1) is 10.8. The number of nitrogens with one attached hydrogen (secondary N) is 1. The second kappa shape index (κ2) is 6.67. The fourth-order valence-corrected chi connectivity index (χ4v) is 3.16. The molecule has 2 aromatic carbocycles. The maximum Gasteiger partial charge on any atom is 0.322 e. The molecule has 0 saturated carbocycles. The standard InChI is InChI=1S/C15H15NO6S/c17-13-7-6-11(9-14(13)18)23(21,22)16-12(15(19)20)8-10-4-2-1-3-5-10/h1-7,9,12,16-18H,8H2,(H,19,20). The van der Waals surface area contributed by atoms with Gasteiger partial charge in [0.1, 0.15) is 6.04 Å². The number of aliphatic carboxylic acids is 1. The van der Waals surface area contributed by atoms with Gasteiger partial charge in [-0.05, 0) is 24.1 Å². The predicted molar refractivity (Wildman–Crippen MR) is 81.7 cm³/mol. The topological polar surface area (TPSA) is 124 Å². The van der Waals surface area contributed by atoms with E-state index in [-0.39, 0.29) is 11.3 Å². The zero-order valence-electron chi connectivity index (χ0n) is 11.9. The third-order valence-corrected chi connectivity index (χ3v) is 4.60. The Kier molecular flexibility index (Phi) is 4.87. The van der Waals surface area contributed by atoms with E-state index in [1.165, 1.54) is 0 Å². The quantitative estimate of drug-likeness (QED) is 0.585. The molecule has 0 spiro atoms. The summed E-state index contributed by atoms with van der Waals surface area (Å²) in [7, 11) is -4.17. The van der Waals surface area contributed by atoms with E-state index in [0.29, 0.717) is 5.56 Å². The van der Waals surface area contributed by atoms with Crippen molar-refractivity contribution in [3.63, 3.8) is 0 Å². The Balaban J connectivity index is 2.24. The fraction of sp³-hybridized carbons (Fsp3) is 0.133. The van der Waals surface area contributed by atoms with Gasteiger partial charge >= 0.3 is 5.97 Å². The van der Waals surface area contributed by atoms with Gasteiger partial charge in [-0.1, -0.05) is 30.3 Å². The summed E-state index contributed by atoms with van der Waals surface area (Å²) >= 11 is 0. The van der Waals surface area contributed by atoms with Crippen LogP contribution < -0.4 is 4.72 Å². The summed E-state index contributed by atoms with van der Waals surface area (Å²) in [4.78, 5) is 11.0. The highest BCUT2D eigenvalue weighted by Gasteiger charge is 2.26. The van der Waals surface area contributed by atoms with Crippen LogP contribution in [0.5, 0.6) is 11.5 Å². The van der Waals surface area contributed by atoms with Gasteiger partial charge in [0.05, 0.1) is 4.90 Å². The smallest absolute Gasteiger partial charge is 0.322 e. The molecule has 0 bridgehead atoms. The fourth-order valence-electron chi connectivity index (χ4n) is 1.95. The van der Waals surface area contributed by atoms with Crippen LogP contribution in [0.2, 0.25) is 0 Å². The third-order valence-electron chi connectivity index (χ3n) is 3.14. The Hall–Kier alpha value is -2.58. The normalized spacial score (nSPS) is 12.7. The minimum atomic E-state index is -4.17. The molecular formula is C15H15NO6S. The summed E-state index contributed by atoms with van der Waals surface area (Å²) in [6.07, 6.45) is -0.0283. The van der Waals surface area contributed by atoms with E-state index >= 15 is 0 Å². The van der Waals surface area contributed by atoms with Gasteiger partial charge in [-0.15, -0.1) is 0 Å². The van der Waals surface area contributed by atoms with E-state index in [4.69, 9.17) is 0 Å². The molecule has 0 radical (unpaired) electrons. The Bertz CT molecular complexity index is 804. The van der Waals surface area contributed by atoms with Crippen LogP contribution in [-0.2, 0) is 21.2 Å². The van der Waals surface area contributed by atoms with Crippen molar-refractivity contribution in [1.82, 2.24) is 4.72 Å². The van der Waals surface area contributed by atoms with Crippen molar-refractivity contribution in [2.24, 2.45) is 0 Å². The largest absolute Gasteiger partial charge is 0.504 e. The first-order valence-corrected chi connectivity index (χ1v) is 8.09. The van der Waals surface area contributed by atoms with Crippen LogP contribution in [0.4, 0.5) is 0 Å². The number of carboxylic acid groups (broad SMARTS) is 1. The SMILES string of the molecule is O=C(O)C(Cc1ccccc1)NS(=O)(=O)c1ccc(O)c(O)c1. The van der Waals surface area contributed by atoms with E-state index in [1.54, 1.807) is 30.3 Å². The van der Waals surface area contributed by atoms with Crippen molar-refractivity contribution in [1.29, 1.82) is 0 Å². The van der Waals surface area contributed by atoms with Gasteiger partial charge in [0.25, 0.3) is 0 Å². The second-order valence-corrected chi connectivity index (χ2v) is 6.57. The number of hydrogen-bond donors (Lipinski definition) is 4. The van der Waals surface area contributed by atoms with Crippen molar-refractivity contribution in [2.75, 3.05) is 0 Å². The second-order valence-electron chi connectivity index (χ2n) is 4.85. The molecule has 2 aromatic rings. The van der Waals surface area contributed by atoms with Crippen LogP contribution in [0.15, 0.2) is 53.4 Å². The lowest BCUT2D eigenvalue weighted by atomic mass is 10.1. The summed E-state index contributed by atoms with van der Waals surface area (Å²) in [5.41, 5.74) is 0.663. The Morgan fingerprint density at radius 2 is 1.70 bits per heavy atom. The molecule has 1 atom stereocenters. The number of phenols is 2. The lowest BCUT2D eigenvalue weighted by Crippen LogP contribution is -2.42. The van der Waals surface area contributed by atoms with Gasteiger partial charge in [-0.2, -0.15) is 4.72 Å². The third kappa shape index (κ3) is 4.21. The molecule has 0 amide bonds. The molecular weight excluding hydrogens is 322 g/mol. The molecule has 4 N–H and O–H groups in total. The molecule has 0 aliphatic rings. The van der Waals surface area contributed by atoms with Crippen molar-refractivity contribution in [2.45, 2.75) is 17.4 Å². The highest BCUT2D eigenvalue weighted by Crippen LogP contribution is 2.27. The minimum absolute atomic E-state index is 0.0283. The van der Waals surface area contributed by atoms with Crippen LogP contribution >= 0.6 is 0 Å². The van der Waals surface area contributed by atoms with Crippen LogP contribution in [0, 0.1) is 0 Å². The maximum absolute atomic E-state index is 12.2. The lowest BCUT2D eigenvalue weighted by molar-refractivity contribution is -0.138. The van der Waals surface area contributed by atoms with Crippen LogP contribution in [0.1, 0.15) is 5.56 Å². The van der Waals surface area contributed by atoms with Crippen LogP contribution in [0.25, 0.3) is 0 Å². The Labute approximate surface area is 132 Å². The lowest BCUT2D eigenvalue weighted by Gasteiger charge is -2.15. The first kappa shape index (κ1) is 16.8. The van der Waals surface area contributed by atoms with Gasteiger partial charge in [0, 0.05) is 6.07 Å². The molecule has 0 heterocycles. The molecule has 0 aliphatic carbocycles. The van der Waals surface area contributed by atoms with Crippen molar-refractivity contribution < 1.29 is 28.5 Å². The molecule has 0 aromatic heterocycles. The monoisotopic (exact) mass is 337 g/mol. The van der Waals surface area contributed by atoms with Crippen molar-refractivity contribution >= 4 is 16.0 Å². The van der Waals surface area contributed by atoms with E-state index in [0.717, 1.165) is 18.2 Å². The number of hydrogen-bond acceptors (Lipinski definition) is 5. The van der Waals surface area contributed by atoms with Crippen molar-refractivity contribution in [3.8, 4) is 11.5 Å². The summed E-state index contributed by atoms with van der Waals surface area (Å²) in [6.45, 7) is 0. The molecule has 2 rings (SSSR count). The van der Waals surface area contributed by atoms with Gasteiger partial charge < -0.3 is 15.3 Å². The number of benzene rings is 2. The minimum Gasteiger partial charge on any atom is -0.504 e. The number of aromatic hydroxyl groups is 2. The summed E-state index contributed by atoms with van der Waals surface area (Å²) in [5.74, 6) is -2.40. The Morgan fingerprint density at radius 3 is 2.26 bits per heavy atom. The molecule has 0 fully saturated rings. The summed E-state index contributed by atoms with van der Waals surface area (Å²) < 4.78 is 26.6. The summed E-state index contributed by atoms with van der Waals surface area (Å²) in [6, 6.07) is 10.2. The van der Waals surface area contributed by atoms with Gasteiger partial charge in [0.15, 0.2) is 11.5 Å². The van der Waals surface area contributed by atoms with Crippen molar-refractivity contribution in [3.05, 3.63) is 54.1 Å². The zero-order chi connectivity index (χ0) is 17.0. The number of carbonyl (C=O) groups is 1. The maximum atomic E-state index is 12.2. The molecule has 7 nitrogen and oxygen atoms in total. The van der Waals surface area contributed by atoms with Gasteiger partial charge in [0.2, 0.25) is 10.0 Å². The average molecular weight is 337 g/mol. The highest BCUT2D eigenvalue weighted by atomic mass is 32.2. The molecule has 0 aliphatic heterocycles. The number of sulfonamides is 1. The molecule has 122 valence electrons. The van der Waals surface area contributed by atoms with Crippen LogP contribution in [-0.4, -0.2) is 35.7 Å². The van der Waals surface area contributed by atoms with E-state index < -0.39 is 33.5 Å². The molecule has 8 heteroatoms. The van der Waals surface area contributed by atoms with E-state index in [2.05, 4.69) is 4.72 Å². The zero-order valence-corrected chi connectivity index (χ0v) is 12.7. The number of phenolic OH excluding ortho intramolecular Hbond substituents is 2. The molecule has 23 heavy (non-hydrogen) atoms. The number of carboxylic acids is 1. The average Bonchev–Trinajstić information content (AvgIpc) is 2.50. The Morgan fingerprint density at radius 1 is 1.04 bits per heavy atom. The first-order valence-electron chi connectivity index (χ1n) is 6.60. The highest BCUT2D eigenvalue weighted by molar-refractivity contribution is 7.89. The molecule has 1 unspecified atom stereocenters. The van der Waals surface area contributed by atoms with Gasteiger partial charge in [-0.25, -0.2) is 8.42 Å². The van der Waals surface area contributed by atoms with Gasteiger partial charge in [-0.3, -0.25) is 4.79 Å². The number of rotatable bonds is 6. The van der Waals surface area contributed by atoms with Crippen LogP contribution in [0.3, 0.4) is 0 Å². The van der Waals surface area contributed by atoms with E-state index in [9.17, 15) is 28.5 Å². The van der Waals surface area contributed by atoms with E-state index in [1.807, 2.05) is 0 Å². The molecule has 0 saturated heterocycles.